The molecule has 1 aliphatic carbocycles. The van der Waals surface area contributed by atoms with E-state index in [2.05, 4.69) is 6.92 Å². The van der Waals surface area contributed by atoms with Gasteiger partial charge in [0, 0.05) is 0 Å². The van der Waals surface area contributed by atoms with Gasteiger partial charge in [-0.3, -0.25) is 4.79 Å². The van der Waals surface area contributed by atoms with Crippen molar-refractivity contribution >= 4 is 5.97 Å². The first-order chi connectivity index (χ1) is 7.82. The van der Waals surface area contributed by atoms with Crippen LogP contribution in [0.5, 0.6) is 0 Å². The second kappa shape index (κ2) is 5.38. The zero-order chi connectivity index (χ0) is 13.2. The summed E-state index contributed by atoms with van der Waals surface area (Å²) < 4.78 is 4.87. The molecule has 17 heavy (non-hydrogen) atoms. The Balaban J connectivity index is 2.95. The number of carbonyl (C=O) groups is 1. The Labute approximate surface area is 105 Å². The maximum absolute atomic E-state index is 11.9. The molecular weight excluding hydrogens is 216 g/mol. The van der Waals surface area contributed by atoms with Crippen molar-refractivity contribution in [3.8, 4) is 0 Å². The number of carbonyl (C=O) groups excluding carboxylic acids is 1. The molecule has 3 nitrogen and oxygen atoms in total. The van der Waals surface area contributed by atoms with E-state index in [1.807, 2.05) is 20.8 Å². The Morgan fingerprint density at radius 1 is 1.41 bits per heavy atom. The van der Waals surface area contributed by atoms with Gasteiger partial charge in [-0.15, -0.1) is 0 Å². The van der Waals surface area contributed by atoms with Crippen molar-refractivity contribution in [3.63, 3.8) is 0 Å². The van der Waals surface area contributed by atoms with Gasteiger partial charge in [0.05, 0.1) is 18.6 Å². The molecular formula is C14H26O3. The van der Waals surface area contributed by atoms with Crippen molar-refractivity contribution in [1.82, 2.24) is 0 Å². The van der Waals surface area contributed by atoms with E-state index in [-0.39, 0.29) is 17.8 Å². The van der Waals surface area contributed by atoms with E-state index < -0.39 is 11.5 Å². The van der Waals surface area contributed by atoms with E-state index in [0.29, 0.717) is 12.3 Å². The zero-order valence-corrected chi connectivity index (χ0v) is 11.7. The lowest BCUT2D eigenvalue weighted by Crippen LogP contribution is -2.52. The lowest BCUT2D eigenvalue weighted by molar-refractivity contribution is -0.170. The minimum Gasteiger partial charge on any atom is -0.469 e. The average Bonchev–Trinajstić information content (AvgIpc) is 2.24. The summed E-state index contributed by atoms with van der Waals surface area (Å²) in [6.45, 7) is 8.21. The highest BCUT2D eigenvalue weighted by molar-refractivity contribution is 5.74. The van der Waals surface area contributed by atoms with Gasteiger partial charge in [-0.1, -0.05) is 27.7 Å². The molecule has 0 heterocycles. The average molecular weight is 242 g/mol. The third kappa shape index (κ3) is 2.82. The Hall–Kier alpha value is -0.570. The molecule has 0 aromatic rings. The van der Waals surface area contributed by atoms with Crippen LogP contribution in [0.25, 0.3) is 0 Å². The van der Waals surface area contributed by atoms with Crippen molar-refractivity contribution in [1.29, 1.82) is 0 Å². The summed E-state index contributed by atoms with van der Waals surface area (Å²) in [7, 11) is 1.40. The number of rotatable bonds is 3. The molecule has 0 aromatic heterocycles. The highest BCUT2D eigenvalue weighted by Gasteiger charge is 2.49. The summed E-state index contributed by atoms with van der Waals surface area (Å²) >= 11 is 0. The Morgan fingerprint density at radius 3 is 2.41 bits per heavy atom. The minimum absolute atomic E-state index is 0.100. The number of hydrogen-bond donors (Lipinski definition) is 1. The number of aliphatic hydroxyl groups is 1. The molecule has 0 radical (unpaired) electrons. The van der Waals surface area contributed by atoms with Crippen molar-refractivity contribution < 1.29 is 14.6 Å². The summed E-state index contributed by atoms with van der Waals surface area (Å²) in [5.41, 5.74) is -0.895. The molecule has 100 valence electrons. The van der Waals surface area contributed by atoms with Crippen LogP contribution in [0, 0.1) is 23.7 Å². The second-order valence-corrected chi connectivity index (χ2v) is 6.02. The summed E-state index contributed by atoms with van der Waals surface area (Å²) in [6, 6.07) is 0. The van der Waals surface area contributed by atoms with E-state index in [0.717, 1.165) is 12.8 Å². The smallest absolute Gasteiger partial charge is 0.311 e. The quantitative estimate of drug-likeness (QED) is 0.774. The van der Waals surface area contributed by atoms with E-state index in [1.54, 1.807) is 0 Å². The first-order valence-electron chi connectivity index (χ1n) is 6.63. The second-order valence-electron chi connectivity index (χ2n) is 6.02. The zero-order valence-electron chi connectivity index (χ0n) is 11.7. The Morgan fingerprint density at radius 2 is 2.00 bits per heavy atom. The minimum atomic E-state index is -0.895. The van der Waals surface area contributed by atoms with Gasteiger partial charge in [0.1, 0.15) is 0 Å². The Kier molecular flexibility index (Phi) is 4.59. The fourth-order valence-corrected chi connectivity index (χ4v) is 3.29. The summed E-state index contributed by atoms with van der Waals surface area (Å²) in [6.07, 6.45) is 2.67. The molecule has 1 N–H and O–H groups in total. The first kappa shape index (κ1) is 14.5. The van der Waals surface area contributed by atoms with E-state index in [4.69, 9.17) is 4.74 Å². The fourth-order valence-electron chi connectivity index (χ4n) is 3.29. The van der Waals surface area contributed by atoms with Gasteiger partial charge in [0.25, 0.3) is 0 Å². The van der Waals surface area contributed by atoms with Gasteiger partial charge in [0.15, 0.2) is 0 Å². The molecule has 0 aliphatic heterocycles. The predicted octanol–water partition coefficient (Wildman–Crippen LogP) is 2.62. The molecule has 4 unspecified atom stereocenters. The molecule has 4 atom stereocenters. The number of hydrogen-bond acceptors (Lipinski definition) is 3. The highest BCUT2D eigenvalue weighted by atomic mass is 16.5. The summed E-state index contributed by atoms with van der Waals surface area (Å²) in [5.74, 6) is 0.204. The molecule has 0 aromatic carbocycles. The topological polar surface area (TPSA) is 46.5 Å². The van der Waals surface area contributed by atoms with E-state index in [9.17, 15) is 9.90 Å². The van der Waals surface area contributed by atoms with Gasteiger partial charge in [-0.2, -0.15) is 0 Å². The normalized spacial score (nSPS) is 35.7. The predicted molar refractivity (Wildman–Crippen MR) is 67.5 cm³/mol. The van der Waals surface area contributed by atoms with Crippen LogP contribution in [0.15, 0.2) is 0 Å². The third-order valence-electron chi connectivity index (χ3n) is 4.31. The molecule has 0 saturated heterocycles. The monoisotopic (exact) mass is 242 g/mol. The SMILES string of the molecule is COC(=O)C(C(C)C)C1(O)CCC(C)CC1C. The van der Waals surface area contributed by atoms with Crippen LogP contribution in [-0.2, 0) is 9.53 Å². The first-order valence-corrected chi connectivity index (χ1v) is 6.63. The summed E-state index contributed by atoms with van der Waals surface area (Å²) in [5, 5.41) is 10.9. The molecule has 3 heteroatoms. The van der Waals surface area contributed by atoms with E-state index in [1.165, 1.54) is 7.11 Å². The molecule has 1 saturated carbocycles. The van der Waals surface area contributed by atoms with Crippen LogP contribution in [0.3, 0.4) is 0 Å². The van der Waals surface area contributed by atoms with Crippen LogP contribution in [0.2, 0.25) is 0 Å². The number of esters is 1. The summed E-state index contributed by atoms with van der Waals surface area (Å²) in [4.78, 5) is 11.9. The molecule has 0 bridgehead atoms. The molecule has 0 spiro atoms. The highest BCUT2D eigenvalue weighted by Crippen LogP contribution is 2.44. The van der Waals surface area contributed by atoms with Crippen molar-refractivity contribution in [2.45, 2.75) is 52.6 Å². The van der Waals surface area contributed by atoms with Crippen LogP contribution in [0.1, 0.15) is 47.0 Å². The van der Waals surface area contributed by atoms with Crippen LogP contribution in [-0.4, -0.2) is 23.8 Å². The lowest BCUT2D eigenvalue weighted by Gasteiger charge is -2.46. The fraction of sp³-hybridized carbons (Fsp3) is 0.929. The van der Waals surface area contributed by atoms with E-state index >= 15 is 0 Å². The molecule has 0 amide bonds. The van der Waals surface area contributed by atoms with Gasteiger partial charge < -0.3 is 9.84 Å². The van der Waals surface area contributed by atoms with Crippen molar-refractivity contribution in [3.05, 3.63) is 0 Å². The maximum atomic E-state index is 11.9. The molecule has 1 aliphatic rings. The number of ether oxygens (including phenoxy) is 1. The standard InChI is InChI=1S/C14H26O3/c1-9(2)12(13(15)17-5)14(16)7-6-10(3)8-11(14)4/h9-12,16H,6-8H2,1-5H3. The van der Waals surface area contributed by atoms with Gasteiger partial charge in [-0.05, 0) is 37.0 Å². The third-order valence-corrected chi connectivity index (χ3v) is 4.31. The number of methoxy groups -OCH3 is 1. The van der Waals surface area contributed by atoms with Crippen LogP contribution >= 0.6 is 0 Å². The van der Waals surface area contributed by atoms with Crippen molar-refractivity contribution in [2.24, 2.45) is 23.7 Å². The van der Waals surface area contributed by atoms with Crippen LogP contribution in [0.4, 0.5) is 0 Å². The maximum Gasteiger partial charge on any atom is 0.311 e. The molecule has 1 rings (SSSR count). The van der Waals surface area contributed by atoms with Gasteiger partial charge in [0.2, 0.25) is 0 Å². The Bertz CT molecular complexity index is 275. The van der Waals surface area contributed by atoms with Crippen LogP contribution < -0.4 is 0 Å². The largest absolute Gasteiger partial charge is 0.469 e. The van der Waals surface area contributed by atoms with Crippen molar-refractivity contribution in [2.75, 3.05) is 7.11 Å². The molecule has 1 fully saturated rings. The van der Waals surface area contributed by atoms with Gasteiger partial charge in [-0.25, -0.2) is 0 Å². The lowest BCUT2D eigenvalue weighted by atomic mass is 9.64. The van der Waals surface area contributed by atoms with Gasteiger partial charge >= 0.3 is 5.97 Å².